The fourth-order valence-electron chi connectivity index (χ4n) is 4.50. The number of carbonyl (C=O) groups excluding carboxylic acids is 2. The van der Waals surface area contributed by atoms with E-state index in [1.54, 1.807) is 0 Å². The maximum Gasteiger partial charge on any atom is 0.253 e. The average Bonchev–Trinajstić information content (AvgIpc) is 3.20. The van der Waals surface area contributed by atoms with Crippen LogP contribution < -0.4 is 16.0 Å². The molecular formula is C27H51N5O2S2. The second-order valence-corrected chi connectivity index (χ2v) is 12.5. The Morgan fingerprint density at radius 2 is 1.14 bits per heavy atom. The molecule has 0 aromatic rings. The minimum atomic E-state index is -0.153. The number of nitrogens with one attached hydrogen (secondary N) is 3. The van der Waals surface area contributed by atoms with Gasteiger partial charge < -0.3 is 20.9 Å². The Kier molecular flexibility index (Phi) is 19.7. The van der Waals surface area contributed by atoms with Crippen molar-refractivity contribution in [2.45, 2.75) is 70.6 Å². The van der Waals surface area contributed by atoms with Crippen molar-refractivity contribution in [1.29, 1.82) is 0 Å². The highest BCUT2D eigenvalue weighted by molar-refractivity contribution is 8.76. The Morgan fingerprint density at radius 3 is 1.83 bits per heavy atom. The number of nitrogens with zero attached hydrogens (tertiary/aromatic N) is 2. The molecule has 2 aliphatic heterocycles. The van der Waals surface area contributed by atoms with E-state index in [1.807, 2.05) is 0 Å². The molecule has 3 N–H and O–H groups in total. The van der Waals surface area contributed by atoms with Crippen molar-refractivity contribution in [2.24, 2.45) is 0 Å². The Balaban J connectivity index is 1.33. The van der Waals surface area contributed by atoms with Crippen LogP contribution in [0.2, 0.25) is 0 Å². The Morgan fingerprint density at radius 1 is 0.583 bits per heavy atom. The molecule has 0 aromatic heterocycles. The molecule has 1 saturated heterocycles. The summed E-state index contributed by atoms with van der Waals surface area (Å²) in [5.74, 6) is 2.22. The predicted octanol–water partition coefficient (Wildman–Crippen LogP) is 3.67. The molecule has 2 amide bonds. The summed E-state index contributed by atoms with van der Waals surface area (Å²) in [6.07, 6.45) is 16.3. The second-order valence-electron chi connectivity index (χ2n) is 9.79. The predicted molar refractivity (Wildman–Crippen MR) is 157 cm³/mol. The zero-order chi connectivity index (χ0) is 25.5. The normalized spacial score (nSPS) is 19.2. The molecule has 0 spiro atoms. The zero-order valence-electron chi connectivity index (χ0n) is 22.4. The van der Waals surface area contributed by atoms with Gasteiger partial charge in [0.15, 0.2) is 0 Å². The first-order valence-corrected chi connectivity index (χ1v) is 16.9. The van der Waals surface area contributed by atoms with Crippen LogP contribution in [0.15, 0.2) is 12.2 Å². The SMILES string of the molecule is O=C1C=CC(=O)N1CCCCCCCCCCSSCCCN1CCCNCCNCCCNCC1. The number of unbranched alkanes of at least 4 members (excludes halogenated alkanes) is 7. The van der Waals surface area contributed by atoms with Crippen LogP contribution in [0.5, 0.6) is 0 Å². The molecule has 0 aliphatic carbocycles. The summed E-state index contributed by atoms with van der Waals surface area (Å²) in [5, 5.41) is 10.6. The summed E-state index contributed by atoms with van der Waals surface area (Å²) < 4.78 is 0. The standard InChI is InChI=1S/C27H51N5O2S2/c33-26-12-13-27(34)32(26)22-7-5-3-1-2-4-6-8-24-35-36-25-11-21-31-20-10-16-29-18-17-28-14-9-15-30-19-23-31/h12-13,28-30H,1-11,14-25H2. The maximum atomic E-state index is 11.5. The van der Waals surface area contributed by atoms with Gasteiger partial charge in [0.25, 0.3) is 11.8 Å². The third kappa shape index (κ3) is 16.3. The van der Waals surface area contributed by atoms with Crippen LogP contribution >= 0.6 is 21.6 Å². The van der Waals surface area contributed by atoms with Gasteiger partial charge in [-0.25, -0.2) is 0 Å². The van der Waals surface area contributed by atoms with Gasteiger partial charge in [0, 0.05) is 56.4 Å². The van der Waals surface area contributed by atoms with Crippen molar-refractivity contribution in [1.82, 2.24) is 25.8 Å². The summed E-state index contributed by atoms with van der Waals surface area (Å²) in [5.41, 5.74) is 0. The van der Waals surface area contributed by atoms with E-state index in [4.69, 9.17) is 0 Å². The number of hydrogen-bond acceptors (Lipinski definition) is 8. The molecule has 1 fully saturated rings. The minimum absolute atomic E-state index is 0.153. The van der Waals surface area contributed by atoms with Crippen LogP contribution in [0.4, 0.5) is 0 Å². The van der Waals surface area contributed by atoms with Crippen molar-refractivity contribution < 1.29 is 9.59 Å². The smallest absolute Gasteiger partial charge is 0.253 e. The highest BCUT2D eigenvalue weighted by Crippen LogP contribution is 2.24. The van der Waals surface area contributed by atoms with E-state index < -0.39 is 0 Å². The van der Waals surface area contributed by atoms with Crippen LogP contribution in [0.3, 0.4) is 0 Å². The van der Waals surface area contributed by atoms with Crippen molar-refractivity contribution >= 4 is 33.4 Å². The lowest BCUT2D eigenvalue weighted by Crippen LogP contribution is -2.37. The molecule has 0 bridgehead atoms. The first-order chi connectivity index (χ1) is 17.8. The van der Waals surface area contributed by atoms with Crippen LogP contribution in [-0.2, 0) is 9.59 Å². The minimum Gasteiger partial charge on any atom is -0.315 e. The number of imide groups is 1. The highest BCUT2D eigenvalue weighted by atomic mass is 33.1. The summed E-state index contributed by atoms with van der Waals surface area (Å²) in [6.45, 7) is 10.8. The topological polar surface area (TPSA) is 76.7 Å². The Hall–Kier alpha value is -0.580. The summed E-state index contributed by atoms with van der Waals surface area (Å²) >= 11 is 0. The molecule has 7 nitrogen and oxygen atoms in total. The quantitative estimate of drug-likeness (QED) is 0.155. The van der Waals surface area contributed by atoms with Crippen molar-refractivity contribution in [3.63, 3.8) is 0 Å². The van der Waals surface area contributed by atoms with E-state index in [-0.39, 0.29) is 11.8 Å². The molecule has 2 heterocycles. The van der Waals surface area contributed by atoms with Gasteiger partial charge in [0.1, 0.15) is 0 Å². The molecule has 0 unspecified atom stereocenters. The van der Waals surface area contributed by atoms with E-state index >= 15 is 0 Å². The van der Waals surface area contributed by atoms with Gasteiger partial charge in [-0.2, -0.15) is 0 Å². The van der Waals surface area contributed by atoms with Gasteiger partial charge >= 0.3 is 0 Å². The first-order valence-electron chi connectivity index (χ1n) is 14.4. The van der Waals surface area contributed by atoms with Crippen LogP contribution in [0.25, 0.3) is 0 Å². The van der Waals surface area contributed by atoms with Gasteiger partial charge in [-0.05, 0) is 64.8 Å². The fraction of sp³-hybridized carbons (Fsp3) is 0.852. The van der Waals surface area contributed by atoms with E-state index in [0.717, 1.165) is 52.1 Å². The molecule has 2 rings (SSSR count). The highest BCUT2D eigenvalue weighted by Gasteiger charge is 2.22. The third-order valence-corrected chi connectivity index (χ3v) is 9.24. The largest absolute Gasteiger partial charge is 0.315 e. The van der Waals surface area contributed by atoms with E-state index in [1.165, 1.54) is 106 Å². The van der Waals surface area contributed by atoms with Crippen molar-refractivity contribution in [3.8, 4) is 0 Å². The van der Waals surface area contributed by atoms with Gasteiger partial charge in [-0.3, -0.25) is 14.5 Å². The van der Waals surface area contributed by atoms with Gasteiger partial charge in [0.05, 0.1) is 0 Å². The van der Waals surface area contributed by atoms with Gasteiger partial charge in [-0.1, -0.05) is 60.1 Å². The molecule has 36 heavy (non-hydrogen) atoms. The average molecular weight is 542 g/mol. The lowest BCUT2D eigenvalue weighted by atomic mass is 10.1. The molecule has 0 saturated carbocycles. The van der Waals surface area contributed by atoms with Crippen molar-refractivity contribution in [2.75, 3.05) is 77.0 Å². The summed E-state index contributed by atoms with van der Waals surface area (Å²) in [4.78, 5) is 27.0. The molecule has 0 radical (unpaired) electrons. The van der Waals surface area contributed by atoms with Crippen LogP contribution in [0.1, 0.15) is 70.6 Å². The number of carbonyl (C=O) groups is 2. The van der Waals surface area contributed by atoms with E-state index in [2.05, 4.69) is 42.4 Å². The number of hydrogen-bond donors (Lipinski definition) is 3. The Bertz CT molecular complexity index is 577. The van der Waals surface area contributed by atoms with Crippen LogP contribution in [0, 0.1) is 0 Å². The maximum absolute atomic E-state index is 11.5. The first kappa shape index (κ1) is 31.6. The molecule has 0 atom stereocenters. The third-order valence-electron chi connectivity index (χ3n) is 6.66. The number of amides is 2. The molecule has 9 heteroatoms. The van der Waals surface area contributed by atoms with E-state index in [9.17, 15) is 9.59 Å². The zero-order valence-corrected chi connectivity index (χ0v) is 24.1. The van der Waals surface area contributed by atoms with Gasteiger partial charge in [-0.15, -0.1) is 0 Å². The molecular weight excluding hydrogens is 490 g/mol. The Labute approximate surface area is 228 Å². The molecule has 2 aliphatic rings. The van der Waals surface area contributed by atoms with Crippen LogP contribution in [-0.4, -0.2) is 98.6 Å². The van der Waals surface area contributed by atoms with Crippen molar-refractivity contribution in [3.05, 3.63) is 12.2 Å². The monoisotopic (exact) mass is 541 g/mol. The van der Waals surface area contributed by atoms with Gasteiger partial charge in [0.2, 0.25) is 0 Å². The lowest BCUT2D eigenvalue weighted by molar-refractivity contribution is -0.136. The number of rotatable bonds is 16. The summed E-state index contributed by atoms with van der Waals surface area (Å²) in [6, 6.07) is 0. The molecule has 0 aromatic carbocycles. The fourth-order valence-corrected chi connectivity index (χ4v) is 6.72. The lowest BCUT2D eigenvalue weighted by Gasteiger charge is -2.23. The molecule has 208 valence electrons. The summed E-state index contributed by atoms with van der Waals surface area (Å²) in [7, 11) is 4.11. The second kappa shape index (κ2) is 22.4. The van der Waals surface area contributed by atoms with E-state index in [0.29, 0.717) is 6.54 Å².